The van der Waals surface area contributed by atoms with E-state index in [1.165, 1.54) is 12.1 Å². The Labute approximate surface area is 230 Å². The highest BCUT2D eigenvalue weighted by Crippen LogP contribution is 2.34. The van der Waals surface area contributed by atoms with E-state index in [1.807, 2.05) is 20.8 Å². The van der Waals surface area contributed by atoms with Crippen molar-refractivity contribution in [3.05, 3.63) is 66.2 Å². The Morgan fingerprint density at radius 1 is 1.30 bits per heavy atom. The minimum absolute atomic E-state index is 0.00529. The van der Waals surface area contributed by atoms with Gasteiger partial charge in [-0.1, -0.05) is 44.6 Å². The highest BCUT2D eigenvalue weighted by Gasteiger charge is 2.27. The molecule has 0 spiro atoms. The number of carbonyl (C=O) groups is 2. The largest absolute Gasteiger partial charge is 0.363 e. The number of fused-ring (bicyclic) bond motifs is 1. The summed E-state index contributed by atoms with van der Waals surface area (Å²) in [4.78, 5) is 34.9. The molecule has 0 unspecified atom stereocenters. The quantitative estimate of drug-likeness (QED) is 0.294. The molecule has 0 bridgehead atoms. The predicted octanol–water partition coefficient (Wildman–Crippen LogP) is 4.13. The summed E-state index contributed by atoms with van der Waals surface area (Å²) in [5, 5.41) is 17.9. The summed E-state index contributed by atoms with van der Waals surface area (Å²) in [7, 11) is 0. The lowest BCUT2D eigenvalue weighted by Gasteiger charge is -2.16. The molecule has 5 rings (SSSR count). The molecule has 4 aromatic rings. The maximum absolute atomic E-state index is 15.4. The Hall–Kier alpha value is -4.61. The fourth-order valence-electron chi connectivity index (χ4n) is 4.70. The second-order valence-electron chi connectivity index (χ2n) is 10.9. The molecule has 2 amide bonds. The Kier molecular flexibility index (Phi) is 7.09. The zero-order valence-corrected chi connectivity index (χ0v) is 22.8. The number of aromatic amines is 1. The molecular formula is C28H31FN8O3. The first-order valence-electron chi connectivity index (χ1n) is 13.0. The smallest absolute Gasteiger partial charge is 0.293 e. The van der Waals surface area contributed by atoms with Gasteiger partial charge in [-0.05, 0) is 42.7 Å². The molecule has 12 heteroatoms. The van der Waals surface area contributed by atoms with E-state index in [-0.39, 0.29) is 17.8 Å². The number of hydrogen-bond acceptors (Lipinski definition) is 8. The van der Waals surface area contributed by atoms with Crippen LogP contribution in [0.5, 0.6) is 0 Å². The van der Waals surface area contributed by atoms with Crippen LogP contribution < -0.4 is 10.6 Å². The van der Waals surface area contributed by atoms with Gasteiger partial charge in [-0.3, -0.25) is 14.7 Å². The van der Waals surface area contributed by atoms with Crippen LogP contribution in [0.1, 0.15) is 62.2 Å². The van der Waals surface area contributed by atoms with E-state index in [9.17, 15) is 9.59 Å². The van der Waals surface area contributed by atoms with Crippen LogP contribution in [0, 0.1) is 5.82 Å². The molecule has 4 heterocycles. The average molecular weight is 547 g/mol. The summed E-state index contributed by atoms with van der Waals surface area (Å²) < 4.78 is 20.6. The number of benzene rings is 1. The number of aromatic nitrogens is 5. The van der Waals surface area contributed by atoms with Crippen molar-refractivity contribution in [2.45, 2.75) is 51.6 Å². The maximum Gasteiger partial charge on any atom is 0.293 e. The number of likely N-dealkylation sites (tertiary alicyclic amines) is 1. The molecule has 2 atom stereocenters. The molecule has 0 aliphatic carbocycles. The van der Waals surface area contributed by atoms with E-state index in [0.717, 1.165) is 17.4 Å². The van der Waals surface area contributed by atoms with Crippen LogP contribution in [0.3, 0.4) is 0 Å². The summed E-state index contributed by atoms with van der Waals surface area (Å²) in [6, 6.07) is 6.01. The van der Waals surface area contributed by atoms with E-state index in [0.29, 0.717) is 41.6 Å². The molecule has 0 saturated carbocycles. The molecule has 1 fully saturated rings. The lowest BCUT2D eigenvalue weighted by molar-refractivity contribution is -0.125. The molecule has 208 valence electrons. The predicted molar refractivity (Wildman–Crippen MR) is 147 cm³/mol. The third kappa shape index (κ3) is 5.29. The van der Waals surface area contributed by atoms with E-state index < -0.39 is 23.2 Å². The Bertz CT molecular complexity index is 1590. The van der Waals surface area contributed by atoms with Crippen molar-refractivity contribution >= 4 is 28.7 Å². The fraction of sp³-hybridized carbons (Fsp3) is 0.357. The number of nitrogens with one attached hydrogen (secondary N) is 3. The fourth-order valence-corrected chi connectivity index (χ4v) is 4.70. The van der Waals surface area contributed by atoms with E-state index in [1.54, 1.807) is 36.2 Å². The number of hydrogen-bond donors (Lipinski definition) is 3. The number of carbonyl (C=O) groups excluding carboxylic acids is 2. The third-order valence-corrected chi connectivity index (χ3v) is 6.87. The first kappa shape index (κ1) is 27.0. The highest BCUT2D eigenvalue weighted by atomic mass is 19.1. The Morgan fingerprint density at radius 2 is 2.10 bits per heavy atom. The summed E-state index contributed by atoms with van der Waals surface area (Å²) >= 11 is 0. The minimum Gasteiger partial charge on any atom is -0.363 e. The van der Waals surface area contributed by atoms with Crippen molar-refractivity contribution in [1.82, 2.24) is 35.5 Å². The van der Waals surface area contributed by atoms with Gasteiger partial charge in [0.15, 0.2) is 11.5 Å². The summed E-state index contributed by atoms with van der Waals surface area (Å²) in [6.07, 6.45) is 3.70. The third-order valence-electron chi connectivity index (χ3n) is 6.87. The van der Waals surface area contributed by atoms with Crippen molar-refractivity contribution in [2.75, 3.05) is 18.4 Å². The van der Waals surface area contributed by atoms with Gasteiger partial charge in [0.2, 0.25) is 11.8 Å². The van der Waals surface area contributed by atoms with Gasteiger partial charge in [0.1, 0.15) is 5.82 Å². The average Bonchev–Trinajstić information content (AvgIpc) is 3.68. The molecular weight excluding hydrogens is 515 g/mol. The monoisotopic (exact) mass is 546 g/mol. The second kappa shape index (κ2) is 10.5. The van der Waals surface area contributed by atoms with Gasteiger partial charge in [-0.2, -0.15) is 10.1 Å². The molecule has 3 N–H and O–H groups in total. The van der Waals surface area contributed by atoms with Gasteiger partial charge in [0.05, 0.1) is 11.4 Å². The molecule has 11 nitrogen and oxygen atoms in total. The van der Waals surface area contributed by atoms with Crippen molar-refractivity contribution in [1.29, 1.82) is 0 Å². The van der Waals surface area contributed by atoms with Crippen LogP contribution >= 0.6 is 0 Å². The highest BCUT2D eigenvalue weighted by molar-refractivity contribution is 6.00. The first-order chi connectivity index (χ1) is 19.0. The second-order valence-corrected chi connectivity index (χ2v) is 10.9. The number of rotatable bonds is 7. The van der Waals surface area contributed by atoms with Gasteiger partial charge in [-0.15, -0.1) is 0 Å². The number of anilines is 1. The topological polar surface area (TPSA) is 142 Å². The van der Waals surface area contributed by atoms with Crippen molar-refractivity contribution in [3.8, 4) is 11.1 Å². The first-order valence-corrected chi connectivity index (χ1v) is 13.0. The Balaban J connectivity index is 1.35. The molecule has 40 heavy (non-hydrogen) atoms. The van der Waals surface area contributed by atoms with Crippen LogP contribution in [0.15, 0.2) is 47.6 Å². The normalized spacial score (nSPS) is 16.2. The number of H-pyrrole nitrogens is 1. The molecule has 1 aromatic carbocycles. The lowest BCUT2D eigenvalue weighted by Crippen LogP contribution is -2.30. The van der Waals surface area contributed by atoms with Crippen LogP contribution in [-0.4, -0.2) is 61.2 Å². The SMILES string of the molecule is C=CC(=O)N1CC[C@@H](Nc2n[nH]c3nccc(-c4ccc([C@H](C)NC(=O)c5noc(C(C)(C)C)n5)c(F)c4)c23)C1. The molecule has 1 aliphatic heterocycles. The summed E-state index contributed by atoms with van der Waals surface area (Å²) in [5.41, 5.74) is 1.83. The zero-order chi connectivity index (χ0) is 28.6. The van der Waals surface area contributed by atoms with Gasteiger partial charge in [0.25, 0.3) is 11.7 Å². The maximum atomic E-state index is 15.4. The number of amides is 2. The summed E-state index contributed by atoms with van der Waals surface area (Å²) in [5.74, 6) is -0.325. The van der Waals surface area contributed by atoms with Crippen molar-refractivity contribution in [3.63, 3.8) is 0 Å². The zero-order valence-electron chi connectivity index (χ0n) is 22.8. The van der Waals surface area contributed by atoms with Crippen LogP contribution in [0.2, 0.25) is 0 Å². The van der Waals surface area contributed by atoms with Crippen LogP contribution in [0.25, 0.3) is 22.2 Å². The molecule has 0 radical (unpaired) electrons. The summed E-state index contributed by atoms with van der Waals surface area (Å²) in [6.45, 7) is 12.1. The van der Waals surface area contributed by atoms with Gasteiger partial charge in [0, 0.05) is 36.3 Å². The minimum atomic E-state index is -0.648. The van der Waals surface area contributed by atoms with E-state index >= 15 is 4.39 Å². The number of nitrogens with zero attached hydrogens (tertiary/aromatic N) is 5. The molecule has 3 aromatic heterocycles. The number of pyridine rings is 1. The van der Waals surface area contributed by atoms with Crippen molar-refractivity contribution < 1.29 is 18.5 Å². The van der Waals surface area contributed by atoms with Crippen LogP contribution in [-0.2, 0) is 10.2 Å². The van der Waals surface area contributed by atoms with Crippen LogP contribution in [0.4, 0.5) is 10.2 Å². The van der Waals surface area contributed by atoms with Gasteiger partial charge < -0.3 is 20.1 Å². The molecule has 1 saturated heterocycles. The van der Waals surface area contributed by atoms with Gasteiger partial charge >= 0.3 is 0 Å². The van der Waals surface area contributed by atoms with Gasteiger partial charge in [-0.25, -0.2) is 9.37 Å². The van der Waals surface area contributed by atoms with E-state index in [2.05, 4.69) is 42.5 Å². The van der Waals surface area contributed by atoms with E-state index in [4.69, 9.17) is 4.52 Å². The molecule has 1 aliphatic rings. The van der Waals surface area contributed by atoms with Crippen molar-refractivity contribution in [2.24, 2.45) is 0 Å². The lowest BCUT2D eigenvalue weighted by atomic mass is 9.97. The Morgan fingerprint density at radius 3 is 2.80 bits per heavy atom. The number of halogens is 1. The standard InChI is InChI=1S/C28H31FN8O3/c1-6-21(38)37-12-10-17(14-37)32-24-22-19(9-11-30-23(22)34-35-24)16-7-8-18(20(29)13-16)15(2)31-26(39)25-33-27(40-36-25)28(3,4)5/h6-9,11,13,15,17H,1,10,12,14H2,2-5H3,(H,31,39)(H2,30,32,34,35)/t15-,17+/m0/s1.